The lowest BCUT2D eigenvalue weighted by molar-refractivity contribution is 0.107. The summed E-state index contributed by atoms with van der Waals surface area (Å²) in [4.78, 5) is 5.25. The van der Waals surface area contributed by atoms with Gasteiger partial charge in [0.05, 0.1) is 0 Å². The lowest BCUT2D eigenvalue weighted by Crippen LogP contribution is -2.48. The summed E-state index contributed by atoms with van der Waals surface area (Å²) in [5.74, 6) is 0. The molecule has 0 radical (unpaired) electrons. The van der Waals surface area contributed by atoms with Crippen molar-refractivity contribution in [2.75, 3.05) is 38.1 Å². The lowest BCUT2D eigenvalue weighted by Gasteiger charge is -2.36. The first-order valence-corrected chi connectivity index (χ1v) is 9.38. The molecule has 114 valence electrons. The van der Waals surface area contributed by atoms with E-state index in [1.807, 2.05) is 0 Å². The molecule has 0 atom stereocenters. The van der Waals surface area contributed by atoms with Gasteiger partial charge >= 0.3 is 0 Å². The largest absolute Gasteiger partial charge is 0.301 e. The van der Waals surface area contributed by atoms with Crippen LogP contribution in [0.15, 0.2) is 0 Å². The van der Waals surface area contributed by atoms with Crippen molar-refractivity contribution in [2.45, 2.75) is 64.8 Å². The van der Waals surface area contributed by atoms with Crippen LogP contribution in [0.3, 0.4) is 0 Å². The Morgan fingerprint density at radius 1 is 0.789 bits per heavy atom. The zero-order valence-corrected chi connectivity index (χ0v) is 14.6. The van der Waals surface area contributed by atoms with Crippen LogP contribution in [0.1, 0.15) is 58.8 Å². The standard InChI is InChI=1S/C16H33BrN2/c1-16(2)19-14-12-18(13-15-19)11-9-7-5-3-4-6-8-10-17/h16H,3-15H2,1-2H3. The van der Waals surface area contributed by atoms with Crippen LogP contribution in [0.4, 0.5) is 0 Å². The van der Waals surface area contributed by atoms with Crippen LogP contribution in [0.2, 0.25) is 0 Å². The first-order valence-electron chi connectivity index (χ1n) is 8.26. The normalized spacial score (nSPS) is 18.3. The molecule has 0 amide bonds. The maximum atomic E-state index is 3.49. The highest BCUT2D eigenvalue weighted by Gasteiger charge is 2.17. The Morgan fingerprint density at radius 3 is 1.84 bits per heavy atom. The van der Waals surface area contributed by atoms with Crippen LogP contribution in [-0.4, -0.2) is 53.9 Å². The van der Waals surface area contributed by atoms with E-state index in [1.54, 1.807) is 0 Å². The average molecular weight is 333 g/mol. The fourth-order valence-corrected chi connectivity index (χ4v) is 3.21. The molecule has 0 spiro atoms. The van der Waals surface area contributed by atoms with Crippen molar-refractivity contribution in [1.29, 1.82) is 0 Å². The summed E-state index contributed by atoms with van der Waals surface area (Å²) in [7, 11) is 0. The molecule has 2 nitrogen and oxygen atoms in total. The van der Waals surface area contributed by atoms with E-state index in [0.717, 1.165) is 6.04 Å². The molecule has 0 unspecified atom stereocenters. The molecule has 0 bridgehead atoms. The minimum Gasteiger partial charge on any atom is -0.301 e. The first-order chi connectivity index (χ1) is 9.24. The van der Waals surface area contributed by atoms with Crippen LogP contribution in [0.25, 0.3) is 0 Å². The minimum absolute atomic E-state index is 0.724. The molecule has 0 N–H and O–H groups in total. The number of halogens is 1. The van der Waals surface area contributed by atoms with Crippen molar-refractivity contribution < 1.29 is 0 Å². The quantitative estimate of drug-likeness (QED) is 0.438. The highest BCUT2D eigenvalue weighted by atomic mass is 79.9. The number of alkyl halides is 1. The SMILES string of the molecule is CC(C)N1CCN(CCCCCCCCCBr)CC1. The van der Waals surface area contributed by atoms with Gasteiger partial charge in [0.2, 0.25) is 0 Å². The molecular weight excluding hydrogens is 300 g/mol. The van der Waals surface area contributed by atoms with E-state index in [-0.39, 0.29) is 0 Å². The predicted molar refractivity (Wildman–Crippen MR) is 89.3 cm³/mol. The van der Waals surface area contributed by atoms with Crippen LogP contribution < -0.4 is 0 Å². The van der Waals surface area contributed by atoms with Gasteiger partial charge in [0, 0.05) is 37.6 Å². The second-order valence-corrected chi connectivity index (χ2v) is 6.93. The molecule has 1 fully saturated rings. The summed E-state index contributed by atoms with van der Waals surface area (Å²) in [6, 6.07) is 0.724. The van der Waals surface area contributed by atoms with E-state index in [4.69, 9.17) is 0 Å². The molecule has 0 saturated carbocycles. The molecule has 0 aromatic rings. The Kier molecular flexibility index (Phi) is 10.2. The van der Waals surface area contributed by atoms with Crippen molar-refractivity contribution >= 4 is 15.9 Å². The van der Waals surface area contributed by atoms with Crippen LogP contribution in [-0.2, 0) is 0 Å². The van der Waals surface area contributed by atoms with Gasteiger partial charge in [-0.1, -0.05) is 48.0 Å². The van der Waals surface area contributed by atoms with Gasteiger partial charge in [-0.05, 0) is 33.2 Å². The molecule has 3 heteroatoms. The van der Waals surface area contributed by atoms with E-state index >= 15 is 0 Å². The van der Waals surface area contributed by atoms with Gasteiger partial charge in [-0.25, -0.2) is 0 Å². The van der Waals surface area contributed by atoms with Crippen molar-refractivity contribution in [1.82, 2.24) is 9.80 Å². The van der Waals surface area contributed by atoms with Gasteiger partial charge in [-0.15, -0.1) is 0 Å². The van der Waals surface area contributed by atoms with Gasteiger partial charge < -0.3 is 4.90 Å². The smallest absolute Gasteiger partial charge is 0.0113 e. The fraction of sp³-hybridized carbons (Fsp3) is 1.00. The number of unbranched alkanes of at least 4 members (excludes halogenated alkanes) is 6. The molecule has 19 heavy (non-hydrogen) atoms. The lowest BCUT2D eigenvalue weighted by atomic mass is 10.1. The number of piperazine rings is 1. The third kappa shape index (κ3) is 8.31. The minimum atomic E-state index is 0.724. The molecular formula is C16H33BrN2. The maximum Gasteiger partial charge on any atom is 0.0113 e. The number of rotatable bonds is 10. The van der Waals surface area contributed by atoms with Gasteiger partial charge in [0.1, 0.15) is 0 Å². The molecule has 0 aromatic carbocycles. The Balaban J connectivity index is 1.88. The maximum absolute atomic E-state index is 3.49. The number of hydrogen-bond donors (Lipinski definition) is 0. The average Bonchev–Trinajstić information content (AvgIpc) is 2.42. The highest BCUT2D eigenvalue weighted by Crippen LogP contribution is 2.10. The number of nitrogens with zero attached hydrogens (tertiary/aromatic N) is 2. The summed E-state index contributed by atoms with van der Waals surface area (Å²) >= 11 is 3.49. The second kappa shape index (κ2) is 11.1. The van der Waals surface area contributed by atoms with Crippen molar-refractivity contribution in [3.8, 4) is 0 Å². The van der Waals surface area contributed by atoms with E-state index in [9.17, 15) is 0 Å². The zero-order chi connectivity index (χ0) is 13.9. The van der Waals surface area contributed by atoms with Crippen LogP contribution in [0, 0.1) is 0 Å². The summed E-state index contributed by atoms with van der Waals surface area (Å²) in [5.41, 5.74) is 0. The number of hydrogen-bond acceptors (Lipinski definition) is 2. The van der Waals surface area contributed by atoms with Crippen molar-refractivity contribution in [2.24, 2.45) is 0 Å². The molecule has 1 saturated heterocycles. The van der Waals surface area contributed by atoms with E-state index < -0.39 is 0 Å². The third-order valence-corrected chi connectivity index (χ3v) is 4.81. The molecule has 1 aliphatic heterocycles. The Hall–Kier alpha value is 0.400. The van der Waals surface area contributed by atoms with E-state index in [1.165, 1.54) is 83.0 Å². The van der Waals surface area contributed by atoms with E-state index in [2.05, 4.69) is 39.6 Å². The third-order valence-electron chi connectivity index (χ3n) is 4.25. The van der Waals surface area contributed by atoms with Crippen LogP contribution >= 0.6 is 15.9 Å². The van der Waals surface area contributed by atoms with Gasteiger partial charge in [0.25, 0.3) is 0 Å². The van der Waals surface area contributed by atoms with Crippen molar-refractivity contribution in [3.05, 3.63) is 0 Å². The first kappa shape index (κ1) is 17.5. The summed E-state index contributed by atoms with van der Waals surface area (Å²) < 4.78 is 0. The Labute approximate surface area is 129 Å². The predicted octanol–water partition coefficient (Wildman–Crippen LogP) is 4.14. The van der Waals surface area contributed by atoms with Gasteiger partial charge in [-0.3, -0.25) is 4.90 Å². The van der Waals surface area contributed by atoms with Crippen LogP contribution in [0.5, 0.6) is 0 Å². The fourth-order valence-electron chi connectivity index (χ4n) is 2.82. The summed E-state index contributed by atoms with van der Waals surface area (Å²) in [6.07, 6.45) is 9.89. The summed E-state index contributed by atoms with van der Waals surface area (Å²) in [5, 5.41) is 1.18. The highest BCUT2D eigenvalue weighted by molar-refractivity contribution is 9.09. The van der Waals surface area contributed by atoms with Gasteiger partial charge in [-0.2, -0.15) is 0 Å². The Bertz CT molecular complexity index is 201. The zero-order valence-electron chi connectivity index (χ0n) is 13.0. The molecule has 0 aromatic heterocycles. The molecule has 0 aliphatic carbocycles. The second-order valence-electron chi connectivity index (χ2n) is 6.14. The molecule has 1 aliphatic rings. The van der Waals surface area contributed by atoms with Crippen molar-refractivity contribution in [3.63, 3.8) is 0 Å². The Morgan fingerprint density at radius 2 is 1.32 bits per heavy atom. The molecule has 1 heterocycles. The monoisotopic (exact) mass is 332 g/mol. The molecule has 1 rings (SSSR count). The van der Waals surface area contributed by atoms with Gasteiger partial charge in [0.15, 0.2) is 0 Å². The van der Waals surface area contributed by atoms with E-state index in [0.29, 0.717) is 0 Å². The topological polar surface area (TPSA) is 6.48 Å². The summed E-state index contributed by atoms with van der Waals surface area (Å²) in [6.45, 7) is 11.0.